The highest BCUT2D eigenvalue weighted by atomic mass is 19.1. The second kappa shape index (κ2) is 8.52. The molecule has 0 aliphatic heterocycles. The number of halogens is 1. The van der Waals surface area contributed by atoms with Crippen molar-refractivity contribution < 1.29 is 23.5 Å². The Morgan fingerprint density at radius 1 is 1.21 bits per heavy atom. The number of carbonyl (C=O) groups excluding carboxylic acids is 2. The average molecular weight is 381 g/mol. The van der Waals surface area contributed by atoms with Crippen molar-refractivity contribution >= 4 is 28.7 Å². The molecule has 5 nitrogen and oxygen atoms in total. The lowest BCUT2D eigenvalue weighted by Gasteiger charge is -2.03. The number of aryl methyl sites for hydroxylation is 1. The number of Topliss-reactive ketones (excluding diaryl/α,β-unsaturated/α-hetero) is 1. The third-order valence-electron chi connectivity index (χ3n) is 4.42. The van der Waals surface area contributed by atoms with Gasteiger partial charge in [-0.3, -0.25) is 4.79 Å². The van der Waals surface area contributed by atoms with Crippen molar-refractivity contribution in [3.05, 3.63) is 71.2 Å². The number of methoxy groups -OCH3 is 1. The fourth-order valence-electron chi connectivity index (χ4n) is 2.96. The minimum absolute atomic E-state index is 0.121. The highest BCUT2D eigenvalue weighted by Crippen LogP contribution is 2.23. The van der Waals surface area contributed by atoms with E-state index in [-0.39, 0.29) is 18.1 Å². The van der Waals surface area contributed by atoms with Crippen molar-refractivity contribution in [2.75, 3.05) is 13.7 Å². The molecule has 0 bridgehead atoms. The van der Waals surface area contributed by atoms with Gasteiger partial charge in [-0.05, 0) is 35.8 Å². The molecular formula is C22H20FNO4. The predicted molar refractivity (Wildman–Crippen MR) is 105 cm³/mol. The zero-order valence-corrected chi connectivity index (χ0v) is 15.6. The Hall–Kier alpha value is -3.41. The van der Waals surface area contributed by atoms with Crippen LogP contribution in [0.2, 0.25) is 0 Å². The van der Waals surface area contributed by atoms with E-state index in [2.05, 4.69) is 4.98 Å². The molecular weight excluding hydrogens is 361 g/mol. The Bertz CT molecular complexity index is 1050. The van der Waals surface area contributed by atoms with E-state index in [4.69, 9.17) is 9.47 Å². The predicted octanol–water partition coefficient (Wildman–Crippen LogP) is 4.32. The maximum Gasteiger partial charge on any atom is 0.331 e. The Kier molecular flexibility index (Phi) is 5.89. The van der Waals surface area contributed by atoms with Gasteiger partial charge in [0.25, 0.3) is 0 Å². The first-order valence-electron chi connectivity index (χ1n) is 8.84. The molecule has 0 unspecified atom stereocenters. The molecule has 28 heavy (non-hydrogen) atoms. The second-order valence-corrected chi connectivity index (χ2v) is 6.15. The number of hydrogen-bond acceptors (Lipinski definition) is 4. The molecule has 1 heterocycles. The number of nitrogens with one attached hydrogen (secondary N) is 1. The molecule has 0 saturated carbocycles. The summed E-state index contributed by atoms with van der Waals surface area (Å²) in [4.78, 5) is 27.4. The van der Waals surface area contributed by atoms with Crippen LogP contribution in [0.5, 0.6) is 5.75 Å². The molecule has 0 radical (unpaired) electrons. The quantitative estimate of drug-likeness (QED) is 0.376. The Morgan fingerprint density at radius 2 is 2.04 bits per heavy atom. The van der Waals surface area contributed by atoms with Crippen LogP contribution in [0.15, 0.2) is 48.7 Å². The lowest BCUT2D eigenvalue weighted by Crippen LogP contribution is -2.12. The van der Waals surface area contributed by atoms with Gasteiger partial charge >= 0.3 is 5.97 Å². The number of benzene rings is 2. The Morgan fingerprint density at radius 3 is 2.75 bits per heavy atom. The maximum atomic E-state index is 13.6. The van der Waals surface area contributed by atoms with Crippen LogP contribution in [-0.2, 0) is 16.0 Å². The number of aromatic nitrogens is 1. The molecule has 1 N–H and O–H groups in total. The maximum absolute atomic E-state index is 13.6. The van der Waals surface area contributed by atoms with Gasteiger partial charge in [0.1, 0.15) is 0 Å². The van der Waals surface area contributed by atoms with Crippen LogP contribution in [0.1, 0.15) is 28.4 Å². The van der Waals surface area contributed by atoms with Gasteiger partial charge < -0.3 is 14.5 Å². The van der Waals surface area contributed by atoms with Crippen molar-refractivity contribution in [1.29, 1.82) is 0 Å². The molecule has 1 aromatic heterocycles. The third kappa shape index (κ3) is 4.11. The van der Waals surface area contributed by atoms with Crippen LogP contribution < -0.4 is 4.74 Å². The van der Waals surface area contributed by atoms with Crippen molar-refractivity contribution in [2.45, 2.75) is 13.3 Å². The number of esters is 1. The molecule has 0 amide bonds. The van der Waals surface area contributed by atoms with Gasteiger partial charge in [0.05, 0.1) is 7.11 Å². The van der Waals surface area contributed by atoms with Gasteiger partial charge in [-0.15, -0.1) is 0 Å². The summed E-state index contributed by atoms with van der Waals surface area (Å²) in [7, 11) is 1.37. The summed E-state index contributed by atoms with van der Waals surface area (Å²) < 4.78 is 23.5. The van der Waals surface area contributed by atoms with Crippen LogP contribution >= 0.6 is 0 Å². The minimum atomic E-state index is -0.682. The van der Waals surface area contributed by atoms with E-state index >= 15 is 0 Å². The van der Waals surface area contributed by atoms with Crippen LogP contribution in [-0.4, -0.2) is 30.5 Å². The summed E-state index contributed by atoms with van der Waals surface area (Å²) in [6.07, 6.45) is 5.04. The van der Waals surface area contributed by atoms with E-state index in [0.29, 0.717) is 11.1 Å². The number of aromatic amines is 1. The first-order valence-corrected chi connectivity index (χ1v) is 8.84. The van der Waals surface area contributed by atoms with Gasteiger partial charge in [-0.25, -0.2) is 9.18 Å². The van der Waals surface area contributed by atoms with Gasteiger partial charge in [-0.1, -0.05) is 31.2 Å². The average Bonchev–Trinajstić information content (AvgIpc) is 3.15. The van der Waals surface area contributed by atoms with E-state index < -0.39 is 11.8 Å². The molecule has 3 aromatic rings. The molecule has 144 valence electrons. The highest BCUT2D eigenvalue weighted by molar-refractivity contribution is 6.09. The Labute approximate surface area is 161 Å². The summed E-state index contributed by atoms with van der Waals surface area (Å²) in [5.41, 5.74) is 2.99. The molecule has 0 spiro atoms. The van der Waals surface area contributed by atoms with Gasteiger partial charge in [0.2, 0.25) is 5.78 Å². The van der Waals surface area contributed by atoms with E-state index in [1.54, 1.807) is 12.3 Å². The first kappa shape index (κ1) is 19.4. The summed E-state index contributed by atoms with van der Waals surface area (Å²) in [5.74, 6) is -1.38. The SMILES string of the molecule is CCc1cccc2c(C(=O)COC(=O)/C=C/c3ccc(OC)c(F)c3)c[nH]c12. The number of ketones is 1. The first-order chi connectivity index (χ1) is 13.5. The van der Waals surface area contributed by atoms with E-state index in [1.807, 2.05) is 25.1 Å². The topological polar surface area (TPSA) is 68.4 Å². The van der Waals surface area contributed by atoms with Crippen LogP contribution in [0.25, 0.3) is 17.0 Å². The van der Waals surface area contributed by atoms with Crippen molar-refractivity contribution in [3.8, 4) is 5.75 Å². The largest absolute Gasteiger partial charge is 0.494 e. The highest BCUT2D eigenvalue weighted by Gasteiger charge is 2.15. The smallest absolute Gasteiger partial charge is 0.331 e. The van der Waals surface area contributed by atoms with Crippen LogP contribution in [0.4, 0.5) is 4.39 Å². The second-order valence-electron chi connectivity index (χ2n) is 6.15. The number of fused-ring (bicyclic) bond motifs is 1. The molecule has 0 aliphatic rings. The van der Waals surface area contributed by atoms with E-state index in [1.165, 1.54) is 25.3 Å². The van der Waals surface area contributed by atoms with Gasteiger partial charge in [0.15, 0.2) is 18.2 Å². The number of ether oxygens (including phenoxy) is 2. The molecule has 3 rings (SSSR count). The molecule has 6 heteroatoms. The summed E-state index contributed by atoms with van der Waals surface area (Å²) in [6.45, 7) is 1.67. The molecule has 0 fully saturated rings. The third-order valence-corrected chi connectivity index (χ3v) is 4.42. The zero-order valence-electron chi connectivity index (χ0n) is 15.6. The van der Waals surface area contributed by atoms with Gasteiger partial charge in [-0.2, -0.15) is 0 Å². The number of hydrogen-bond donors (Lipinski definition) is 1. The summed E-state index contributed by atoms with van der Waals surface area (Å²) in [6, 6.07) is 10.1. The fraction of sp³-hybridized carbons (Fsp3) is 0.182. The van der Waals surface area contributed by atoms with Crippen LogP contribution in [0.3, 0.4) is 0 Å². The molecule has 0 atom stereocenters. The monoisotopic (exact) mass is 381 g/mol. The number of rotatable bonds is 7. The normalized spacial score (nSPS) is 11.1. The van der Waals surface area contributed by atoms with Crippen molar-refractivity contribution in [2.24, 2.45) is 0 Å². The van der Waals surface area contributed by atoms with Gasteiger partial charge in [0, 0.05) is 28.7 Å². The Balaban J connectivity index is 1.63. The fourth-order valence-corrected chi connectivity index (χ4v) is 2.96. The van der Waals surface area contributed by atoms with E-state index in [9.17, 15) is 14.0 Å². The summed E-state index contributed by atoms with van der Waals surface area (Å²) >= 11 is 0. The van der Waals surface area contributed by atoms with Crippen molar-refractivity contribution in [3.63, 3.8) is 0 Å². The summed E-state index contributed by atoms with van der Waals surface area (Å²) in [5, 5.41) is 0.810. The van der Waals surface area contributed by atoms with Crippen LogP contribution in [0, 0.1) is 5.82 Å². The van der Waals surface area contributed by atoms with E-state index in [0.717, 1.165) is 29.0 Å². The molecule has 0 saturated heterocycles. The zero-order chi connectivity index (χ0) is 20.1. The van der Waals surface area contributed by atoms with Crippen molar-refractivity contribution in [1.82, 2.24) is 4.98 Å². The lowest BCUT2D eigenvalue weighted by molar-refractivity contribution is -0.136. The lowest BCUT2D eigenvalue weighted by atomic mass is 10.1. The molecule has 0 aliphatic carbocycles. The number of H-pyrrole nitrogens is 1. The molecule has 2 aromatic carbocycles. The number of para-hydroxylation sites is 1. The minimum Gasteiger partial charge on any atom is -0.494 e. The number of carbonyl (C=O) groups is 2. The standard InChI is InChI=1S/C22H20FNO4/c1-3-15-5-4-6-16-17(12-24-22(15)16)19(25)13-28-21(26)10-8-14-7-9-20(27-2)18(23)11-14/h4-12,24H,3,13H2,1-2H3/b10-8+.